The minimum atomic E-state index is 0.192. The highest BCUT2D eigenvalue weighted by Gasteiger charge is 2.09. The minimum absolute atomic E-state index is 0.192. The van der Waals surface area contributed by atoms with Crippen molar-refractivity contribution in [3.05, 3.63) is 23.7 Å². The van der Waals surface area contributed by atoms with Crippen LogP contribution in [0.3, 0.4) is 0 Å². The van der Waals surface area contributed by atoms with E-state index < -0.39 is 0 Å². The Balaban J connectivity index is 1.99. The van der Waals surface area contributed by atoms with Crippen molar-refractivity contribution in [2.75, 3.05) is 5.32 Å². The summed E-state index contributed by atoms with van der Waals surface area (Å²) in [5.74, 6) is 0. The van der Waals surface area contributed by atoms with Gasteiger partial charge in [-0.2, -0.15) is 4.98 Å². The van der Waals surface area contributed by atoms with Gasteiger partial charge in [0, 0.05) is 12.3 Å². The first kappa shape index (κ1) is 9.10. The number of anilines is 2. The smallest absolute Gasteiger partial charge is 0.323 e. The van der Waals surface area contributed by atoms with Crippen LogP contribution in [0.25, 0.3) is 11.2 Å². The molecule has 0 unspecified atom stereocenters. The molecule has 3 rings (SSSR count). The molecule has 0 saturated carbocycles. The van der Waals surface area contributed by atoms with Gasteiger partial charge < -0.3 is 8.83 Å². The Morgan fingerprint density at radius 2 is 2.25 bits per heavy atom. The average Bonchev–Trinajstić information content (AvgIpc) is 2.86. The van der Waals surface area contributed by atoms with Crippen molar-refractivity contribution in [1.82, 2.24) is 20.2 Å². The Morgan fingerprint density at radius 1 is 1.31 bits per heavy atom. The SMILES string of the molecule is Clc1cnc2nc(Nc3nnco3)oc2c1. The topological polar surface area (TPSA) is 89.9 Å². The molecule has 3 aromatic heterocycles. The molecular formula is C8H4ClN5O2. The highest BCUT2D eigenvalue weighted by molar-refractivity contribution is 6.30. The summed E-state index contributed by atoms with van der Waals surface area (Å²) in [5.41, 5.74) is 0.931. The second-order valence-corrected chi connectivity index (χ2v) is 3.30. The van der Waals surface area contributed by atoms with Crippen molar-refractivity contribution in [3.63, 3.8) is 0 Å². The molecule has 16 heavy (non-hydrogen) atoms. The lowest BCUT2D eigenvalue weighted by atomic mass is 10.5. The average molecular weight is 238 g/mol. The van der Waals surface area contributed by atoms with Gasteiger partial charge >= 0.3 is 12.0 Å². The summed E-state index contributed by atoms with van der Waals surface area (Å²) in [6, 6.07) is 2.03. The van der Waals surface area contributed by atoms with Gasteiger partial charge in [0.1, 0.15) is 0 Å². The number of nitrogens with zero attached hydrogens (tertiary/aromatic N) is 4. The van der Waals surface area contributed by atoms with Gasteiger partial charge in [-0.05, 0) is 0 Å². The predicted octanol–water partition coefficient (Wildman–Crippen LogP) is 2.00. The molecule has 0 spiro atoms. The summed E-state index contributed by atoms with van der Waals surface area (Å²) in [7, 11) is 0. The summed E-state index contributed by atoms with van der Waals surface area (Å²) < 4.78 is 10.2. The number of nitrogens with one attached hydrogen (secondary N) is 1. The van der Waals surface area contributed by atoms with Crippen LogP contribution in [0.4, 0.5) is 12.0 Å². The third-order valence-electron chi connectivity index (χ3n) is 1.79. The normalized spacial score (nSPS) is 10.8. The number of hydrogen-bond donors (Lipinski definition) is 1. The first-order chi connectivity index (χ1) is 7.81. The summed E-state index contributed by atoms with van der Waals surface area (Å²) in [5, 5.41) is 10.3. The number of pyridine rings is 1. The molecular weight excluding hydrogens is 234 g/mol. The molecule has 0 fully saturated rings. The third-order valence-corrected chi connectivity index (χ3v) is 1.99. The van der Waals surface area contributed by atoms with Crippen LogP contribution in [0.15, 0.2) is 27.5 Å². The van der Waals surface area contributed by atoms with Crippen molar-refractivity contribution in [3.8, 4) is 0 Å². The highest BCUT2D eigenvalue weighted by atomic mass is 35.5. The van der Waals surface area contributed by atoms with Crippen LogP contribution >= 0.6 is 11.6 Å². The number of hydrogen-bond acceptors (Lipinski definition) is 7. The summed E-state index contributed by atoms with van der Waals surface area (Å²) >= 11 is 5.76. The van der Waals surface area contributed by atoms with Crippen molar-refractivity contribution in [2.24, 2.45) is 0 Å². The molecule has 0 aromatic carbocycles. The van der Waals surface area contributed by atoms with Gasteiger partial charge in [0.2, 0.25) is 12.0 Å². The number of oxazole rings is 1. The Morgan fingerprint density at radius 3 is 3.06 bits per heavy atom. The first-order valence-electron chi connectivity index (χ1n) is 4.26. The lowest BCUT2D eigenvalue weighted by molar-refractivity contribution is 0.559. The zero-order valence-electron chi connectivity index (χ0n) is 7.72. The second kappa shape index (κ2) is 3.46. The second-order valence-electron chi connectivity index (χ2n) is 2.86. The molecule has 3 aromatic rings. The number of rotatable bonds is 2. The van der Waals surface area contributed by atoms with E-state index in [-0.39, 0.29) is 12.0 Å². The summed E-state index contributed by atoms with van der Waals surface area (Å²) in [6.45, 7) is 0. The van der Waals surface area contributed by atoms with Gasteiger partial charge in [0.15, 0.2) is 5.58 Å². The molecule has 80 valence electrons. The van der Waals surface area contributed by atoms with Crippen molar-refractivity contribution in [2.45, 2.75) is 0 Å². The van der Waals surface area contributed by atoms with E-state index >= 15 is 0 Å². The minimum Gasteiger partial charge on any atom is -0.421 e. The number of aromatic nitrogens is 4. The van der Waals surface area contributed by atoms with E-state index in [1.54, 1.807) is 6.07 Å². The standard InChI is InChI=1S/C8H4ClN5O2/c9-4-1-5-6(10-2-4)12-7(16-5)13-8-14-11-3-15-8/h1-3H,(H,10,12,13,14). The zero-order valence-corrected chi connectivity index (χ0v) is 8.47. The predicted molar refractivity (Wildman–Crippen MR) is 54.4 cm³/mol. The van der Waals surface area contributed by atoms with E-state index in [0.29, 0.717) is 16.3 Å². The van der Waals surface area contributed by atoms with E-state index in [2.05, 4.69) is 25.5 Å². The fraction of sp³-hybridized carbons (Fsp3) is 0. The molecule has 8 heteroatoms. The van der Waals surface area contributed by atoms with E-state index in [0.717, 1.165) is 0 Å². The van der Waals surface area contributed by atoms with E-state index in [1.807, 2.05) is 0 Å². The summed E-state index contributed by atoms with van der Waals surface area (Å²) in [4.78, 5) is 8.04. The van der Waals surface area contributed by atoms with Crippen molar-refractivity contribution >= 4 is 34.9 Å². The Kier molecular flexibility index (Phi) is 1.97. The lowest BCUT2D eigenvalue weighted by Gasteiger charge is -1.90. The zero-order chi connectivity index (χ0) is 11.0. The van der Waals surface area contributed by atoms with Crippen LogP contribution in [0.5, 0.6) is 0 Å². The molecule has 0 atom stereocenters. The largest absolute Gasteiger partial charge is 0.421 e. The fourth-order valence-electron chi connectivity index (χ4n) is 1.17. The number of fused-ring (bicyclic) bond motifs is 1. The summed E-state index contributed by atoms with van der Waals surface area (Å²) in [6.07, 6.45) is 2.68. The maximum atomic E-state index is 5.76. The van der Waals surface area contributed by atoms with Crippen molar-refractivity contribution in [1.29, 1.82) is 0 Å². The third kappa shape index (κ3) is 1.57. The Hall–Kier alpha value is -2.15. The van der Waals surface area contributed by atoms with E-state index in [1.165, 1.54) is 12.6 Å². The molecule has 0 aliphatic carbocycles. The molecule has 0 radical (unpaired) electrons. The Labute approximate surface area is 93.5 Å². The molecule has 0 saturated heterocycles. The highest BCUT2D eigenvalue weighted by Crippen LogP contribution is 2.21. The van der Waals surface area contributed by atoms with Crippen LogP contribution in [-0.2, 0) is 0 Å². The van der Waals surface area contributed by atoms with Crippen molar-refractivity contribution < 1.29 is 8.83 Å². The van der Waals surface area contributed by atoms with Gasteiger partial charge in [-0.3, -0.25) is 5.32 Å². The maximum Gasteiger partial charge on any atom is 0.323 e. The molecule has 0 aliphatic heterocycles. The first-order valence-corrected chi connectivity index (χ1v) is 4.64. The molecule has 7 nitrogen and oxygen atoms in total. The van der Waals surface area contributed by atoms with Gasteiger partial charge in [-0.25, -0.2) is 4.98 Å². The lowest BCUT2D eigenvalue weighted by Crippen LogP contribution is -1.89. The van der Waals surface area contributed by atoms with Gasteiger partial charge in [0.05, 0.1) is 5.02 Å². The van der Waals surface area contributed by atoms with Crippen LogP contribution < -0.4 is 5.32 Å². The number of halogens is 1. The van der Waals surface area contributed by atoms with Crippen LogP contribution in [0.1, 0.15) is 0 Å². The van der Waals surface area contributed by atoms with Gasteiger partial charge in [-0.1, -0.05) is 16.7 Å². The van der Waals surface area contributed by atoms with Crippen LogP contribution in [-0.4, -0.2) is 20.2 Å². The van der Waals surface area contributed by atoms with Gasteiger partial charge in [0.25, 0.3) is 0 Å². The molecule has 1 N–H and O–H groups in total. The van der Waals surface area contributed by atoms with Crippen LogP contribution in [0.2, 0.25) is 5.02 Å². The maximum absolute atomic E-state index is 5.76. The molecule has 0 bridgehead atoms. The van der Waals surface area contributed by atoms with Crippen LogP contribution in [0, 0.1) is 0 Å². The Bertz CT molecular complexity index is 620. The molecule has 0 aliphatic rings. The van der Waals surface area contributed by atoms with E-state index in [4.69, 9.17) is 20.4 Å². The fourth-order valence-corrected chi connectivity index (χ4v) is 1.32. The molecule has 3 heterocycles. The van der Waals surface area contributed by atoms with Gasteiger partial charge in [-0.15, -0.1) is 5.10 Å². The van der Waals surface area contributed by atoms with E-state index in [9.17, 15) is 0 Å². The molecule has 0 amide bonds. The quantitative estimate of drug-likeness (QED) is 0.729. The monoisotopic (exact) mass is 237 g/mol.